The molecular formula is C21H31ClN2O6S. The van der Waals surface area contributed by atoms with E-state index in [9.17, 15) is 18.0 Å². The summed E-state index contributed by atoms with van der Waals surface area (Å²) >= 11 is 6.17. The predicted octanol–water partition coefficient (Wildman–Crippen LogP) is 2.94. The number of morpholine rings is 1. The van der Waals surface area contributed by atoms with Gasteiger partial charge >= 0.3 is 5.97 Å². The Kier molecular flexibility index (Phi) is 8.49. The molecule has 0 spiro atoms. The predicted molar refractivity (Wildman–Crippen MR) is 118 cm³/mol. The van der Waals surface area contributed by atoms with E-state index in [1.807, 2.05) is 27.7 Å². The summed E-state index contributed by atoms with van der Waals surface area (Å²) in [5.41, 5.74) is 0.00535. The molecule has 8 nitrogen and oxygen atoms in total. The number of carbonyl (C=O) groups excluding carboxylic acids is 2. The van der Waals surface area contributed by atoms with Gasteiger partial charge in [0.1, 0.15) is 4.90 Å². The molecule has 10 heteroatoms. The lowest BCUT2D eigenvalue weighted by molar-refractivity contribution is -0.138. The summed E-state index contributed by atoms with van der Waals surface area (Å²) in [7, 11) is -3.94. The first-order valence-electron chi connectivity index (χ1n) is 10.3. The van der Waals surface area contributed by atoms with Crippen LogP contribution in [-0.2, 0) is 24.3 Å². The average Bonchev–Trinajstić information content (AvgIpc) is 2.65. The number of rotatable bonds is 7. The summed E-state index contributed by atoms with van der Waals surface area (Å²) < 4.78 is 38.4. The van der Waals surface area contributed by atoms with Gasteiger partial charge in [0.25, 0.3) is 5.91 Å². The molecule has 2 rings (SSSR count). The lowest BCUT2D eigenvalue weighted by atomic mass is 10.2. The van der Waals surface area contributed by atoms with E-state index in [1.165, 1.54) is 22.5 Å². The van der Waals surface area contributed by atoms with E-state index in [4.69, 9.17) is 21.1 Å². The van der Waals surface area contributed by atoms with E-state index >= 15 is 0 Å². The Labute approximate surface area is 189 Å². The fraction of sp³-hybridized carbons (Fsp3) is 0.619. The van der Waals surface area contributed by atoms with E-state index in [0.29, 0.717) is 0 Å². The monoisotopic (exact) mass is 474 g/mol. The number of halogens is 1. The molecule has 0 aromatic heterocycles. The number of nitrogens with zero attached hydrogens (tertiary/aromatic N) is 2. The summed E-state index contributed by atoms with van der Waals surface area (Å²) in [6, 6.07) is 3.82. The number of amides is 1. The van der Waals surface area contributed by atoms with E-state index < -0.39 is 22.6 Å². The smallest absolute Gasteiger partial charge is 0.338 e. The SMILES string of the molecule is CC1CN(S(=O)(=O)c2cc(C(=O)OCC(=O)N(C(C)C)C(C)C)ccc2Cl)CC(C)O1. The van der Waals surface area contributed by atoms with Gasteiger partial charge in [-0.25, -0.2) is 13.2 Å². The third-order valence-electron chi connectivity index (χ3n) is 4.90. The maximum absolute atomic E-state index is 13.2. The third-order valence-corrected chi connectivity index (χ3v) is 7.21. The summed E-state index contributed by atoms with van der Waals surface area (Å²) in [6.07, 6.45) is -0.525. The minimum atomic E-state index is -3.94. The normalized spacial score (nSPS) is 20.2. The fourth-order valence-electron chi connectivity index (χ4n) is 3.75. The molecule has 0 N–H and O–H groups in total. The number of carbonyl (C=O) groups is 2. The van der Waals surface area contributed by atoms with Crippen molar-refractivity contribution in [1.29, 1.82) is 0 Å². The topological polar surface area (TPSA) is 93.2 Å². The summed E-state index contributed by atoms with van der Waals surface area (Å²) in [5.74, 6) is -1.12. The second-order valence-electron chi connectivity index (χ2n) is 8.29. The number of ether oxygens (including phenoxy) is 2. The molecule has 174 valence electrons. The zero-order chi connectivity index (χ0) is 23.5. The molecule has 2 unspecified atom stereocenters. The van der Waals surface area contributed by atoms with Crippen molar-refractivity contribution in [3.63, 3.8) is 0 Å². The van der Waals surface area contributed by atoms with Gasteiger partial charge in [0.05, 0.1) is 22.8 Å². The maximum Gasteiger partial charge on any atom is 0.338 e. The molecule has 0 bridgehead atoms. The molecule has 1 aromatic rings. The van der Waals surface area contributed by atoms with Crippen LogP contribution < -0.4 is 0 Å². The zero-order valence-electron chi connectivity index (χ0n) is 18.8. The number of benzene rings is 1. The highest BCUT2D eigenvalue weighted by molar-refractivity contribution is 7.89. The van der Waals surface area contributed by atoms with Crippen molar-refractivity contribution >= 4 is 33.5 Å². The van der Waals surface area contributed by atoms with E-state index in [-0.39, 0.29) is 58.8 Å². The molecule has 0 aliphatic carbocycles. The molecule has 1 aliphatic heterocycles. The molecule has 1 amide bonds. The summed E-state index contributed by atoms with van der Waals surface area (Å²) in [5, 5.41) is 0.00483. The standard InChI is InChI=1S/C21H31ClN2O6S/c1-13(2)24(14(3)4)20(25)12-29-21(26)17-7-8-18(22)19(9-17)31(27,28)23-10-15(5)30-16(6)11-23/h7-9,13-16H,10-12H2,1-6H3. The minimum Gasteiger partial charge on any atom is -0.452 e. The van der Waals surface area contributed by atoms with Crippen LogP contribution >= 0.6 is 11.6 Å². The Morgan fingerprint density at radius 3 is 2.23 bits per heavy atom. The molecule has 1 heterocycles. The van der Waals surface area contributed by atoms with E-state index in [2.05, 4.69) is 0 Å². The summed E-state index contributed by atoms with van der Waals surface area (Å²) in [4.78, 5) is 26.4. The highest BCUT2D eigenvalue weighted by atomic mass is 35.5. The molecule has 1 fully saturated rings. The number of hydrogen-bond donors (Lipinski definition) is 0. The zero-order valence-corrected chi connectivity index (χ0v) is 20.4. The van der Waals surface area contributed by atoms with Crippen LogP contribution in [0.3, 0.4) is 0 Å². The fourth-order valence-corrected chi connectivity index (χ4v) is 5.84. The van der Waals surface area contributed by atoms with Crippen molar-refractivity contribution in [1.82, 2.24) is 9.21 Å². The molecule has 0 radical (unpaired) electrons. The Morgan fingerprint density at radius 2 is 1.71 bits per heavy atom. The van der Waals surface area contributed by atoms with E-state index in [1.54, 1.807) is 18.7 Å². The first kappa shape index (κ1) is 25.6. The molecule has 1 saturated heterocycles. The van der Waals surface area contributed by atoms with Crippen LogP contribution in [0.4, 0.5) is 0 Å². The van der Waals surface area contributed by atoms with Crippen LogP contribution in [-0.4, -0.2) is 73.5 Å². The molecule has 2 atom stereocenters. The average molecular weight is 475 g/mol. The maximum atomic E-state index is 13.2. The third kappa shape index (κ3) is 6.19. The van der Waals surface area contributed by atoms with Gasteiger partial charge in [-0.2, -0.15) is 4.31 Å². The van der Waals surface area contributed by atoms with Crippen molar-refractivity contribution in [2.24, 2.45) is 0 Å². The second kappa shape index (κ2) is 10.3. The molecule has 1 aliphatic rings. The van der Waals surface area contributed by atoms with Crippen LogP contribution in [0.5, 0.6) is 0 Å². The minimum absolute atomic E-state index is 0.00483. The molecule has 31 heavy (non-hydrogen) atoms. The first-order chi connectivity index (χ1) is 14.3. The van der Waals surface area contributed by atoms with Gasteiger partial charge in [-0.1, -0.05) is 11.6 Å². The Hall–Kier alpha value is -1.68. The number of sulfonamides is 1. The largest absolute Gasteiger partial charge is 0.452 e. The van der Waals surface area contributed by atoms with Gasteiger partial charge in [-0.05, 0) is 59.7 Å². The van der Waals surface area contributed by atoms with Crippen LogP contribution in [0.25, 0.3) is 0 Å². The van der Waals surface area contributed by atoms with Crippen molar-refractivity contribution in [2.75, 3.05) is 19.7 Å². The first-order valence-corrected chi connectivity index (χ1v) is 12.1. The van der Waals surface area contributed by atoms with Crippen molar-refractivity contribution in [3.8, 4) is 0 Å². The molecule has 1 aromatic carbocycles. The van der Waals surface area contributed by atoms with Crippen LogP contribution in [0.1, 0.15) is 51.9 Å². The van der Waals surface area contributed by atoms with E-state index in [0.717, 1.165) is 0 Å². The quantitative estimate of drug-likeness (QED) is 0.564. The molecular weight excluding hydrogens is 444 g/mol. The van der Waals surface area contributed by atoms with Gasteiger partial charge in [0.2, 0.25) is 10.0 Å². The van der Waals surface area contributed by atoms with Gasteiger partial charge in [-0.3, -0.25) is 4.79 Å². The van der Waals surface area contributed by atoms with Crippen molar-refractivity contribution in [2.45, 2.75) is 70.7 Å². The number of hydrogen-bond acceptors (Lipinski definition) is 6. The Balaban J connectivity index is 2.20. The lowest BCUT2D eigenvalue weighted by Gasteiger charge is -2.34. The highest BCUT2D eigenvalue weighted by Crippen LogP contribution is 2.28. The highest BCUT2D eigenvalue weighted by Gasteiger charge is 2.34. The van der Waals surface area contributed by atoms with Crippen molar-refractivity contribution < 1.29 is 27.5 Å². The van der Waals surface area contributed by atoms with Crippen LogP contribution in [0, 0.1) is 0 Å². The van der Waals surface area contributed by atoms with Crippen LogP contribution in [0.2, 0.25) is 5.02 Å². The van der Waals surface area contributed by atoms with Gasteiger partial charge in [0.15, 0.2) is 6.61 Å². The van der Waals surface area contributed by atoms with Gasteiger partial charge in [-0.15, -0.1) is 0 Å². The van der Waals surface area contributed by atoms with Gasteiger partial charge < -0.3 is 14.4 Å². The summed E-state index contributed by atoms with van der Waals surface area (Å²) in [6.45, 7) is 11.0. The second-order valence-corrected chi connectivity index (χ2v) is 10.6. The number of esters is 1. The van der Waals surface area contributed by atoms with Gasteiger partial charge in [0, 0.05) is 25.2 Å². The van der Waals surface area contributed by atoms with Crippen LogP contribution in [0.15, 0.2) is 23.1 Å². The lowest BCUT2D eigenvalue weighted by Crippen LogP contribution is -2.48. The van der Waals surface area contributed by atoms with Crippen molar-refractivity contribution in [3.05, 3.63) is 28.8 Å². The Bertz CT molecular complexity index is 900. The molecule has 0 saturated carbocycles. The Morgan fingerprint density at radius 1 is 1.16 bits per heavy atom.